The van der Waals surface area contributed by atoms with E-state index in [1.54, 1.807) is 0 Å². The van der Waals surface area contributed by atoms with Gasteiger partial charge in [0.15, 0.2) is 6.10 Å². The summed E-state index contributed by atoms with van der Waals surface area (Å²) in [5.74, 6) is 0.274. The maximum atomic E-state index is 6.19. The van der Waals surface area contributed by atoms with Gasteiger partial charge in [0.1, 0.15) is 6.10 Å². The van der Waals surface area contributed by atoms with Crippen molar-refractivity contribution in [1.29, 1.82) is 0 Å². The molecule has 4 nitrogen and oxygen atoms in total. The molecule has 1 aliphatic heterocycles. The van der Waals surface area contributed by atoms with Crippen molar-refractivity contribution < 1.29 is 14.3 Å². The van der Waals surface area contributed by atoms with E-state index in [1.165, 1.54) is 0 Å². The van der Waals surface area contributed by atoms with E-state index in [1.807, 2.05) is 36.4 Å². The Morgan fingerprint density at radius 3 is 2.38 bits per heavy atom. The minimum absolute atomic E-state index is 0.0574. The van der Waals surface area contributed by atoms with E-state index in [9.17, 15) is 0 Å². The smallest absolute Gasteiger partial charge is 0.154 e. The highest BCUT2D eigenvalue weighted by Crippen LogP contribution is 2.31. The second-order valence-corrected chi connectivity index (χ2v) is 6.64. The highest BCUT2D eigenvalue weighted by molar-refractivity contribution is 5.93. The number of oxime groups is 1. The minimum atomic E-state index is -0.200. The van der Waals surface area contributed by atoms with Crippen molar-refractivity contribution >= 4 is 5.71 Å². The van der Waals surface area contributed by atoms with Gasteiger partial charge in [-0.05, 0) is 23.6 Å². The van der Waals surface area contributed by atoms with Gasteiger partial charge in [0, 0.05) is 0 Å². The largest absolute Gasteiger partial charge is 0.388 e. The van der Waals surface area contributed by atoms with Crippen LogP contribution < -0.4 is 0 Å². The fraction of sp³-hybridized carbons (Fsp3) is 0.318. The van der Waals surface area contributed by atoms with Crippen LogP contribution in [-0.2, 0) is 27.5 Å². The van der Waals surface area contributed by atoms with Gasteiger partial charge in [-0.1, -0.05) is 71.9 Å². The van der Waals surface area contributed by atoms with Gasteiger partial charge < -0.3 is 14.3 Å². The third kappa shape index (κ3) is 4.03. The zero-order chi connectivity index (χ0) is 17.6. The van der Waals surface area contributed by atoms with Crippen LogP contribution in [0.4, 0.5) is 0 Å². The highest BCUT2D eigenvalue weighted by Gasteiger charge is 2.39. The van der Waals surface area contributed by atoms with Crippen molar-refractivity contribution in [2.45, 2.75) is 31.8 Å². The van der Waals surface area contributed by atoms with E-state index >= 15 is 0 Å². The summed E-state index contributed by atoms with van der Waals surface area (Å²) >= 11 is 0. The van der Waals surface area contributed by atoms with Crippen LogP contribution in [-0.4, -0.2) is 24.5 Å². The van der Waals surface area contributed by atoms with Gasteiger partial charge in [0.2, 0.25) is 0 Å². The molecule has 0 amide bonds. The van der Waals surface area contributed by atoms with Crippen LogP contribution in [0.5, 0.6) is 0 Å². The van der Waals surface area contributed by atoms with E-state index in [2.05, 4.69) is 41.6 Å². The summed E-state index contributed by atoms with van der Waals surface area (Å²) in [5.41, 5.74) is 3.25. The lowest BCUT2D eigenvalue weighted by Gasteiger charge is -2.21. The summed E-state index contributed by atoms with van der Waals surface area (Å²) in [5, 5.41) is 4.32. The maximum absolute atomic E-state index is 6.19. The number of hydrogen-bond donors (Lipinski definition) is 0. The molecule has 26 heavy (non-hydrogen) atoms. The third-order valence-electron chi connectivity index (χ3n) is 4.78. The Bertz CT molecular complexity index is 757. The van der Waals surface area contributed by atoms with Crippen LogP contribution in [0, 0.1) is 5.92 Å². The summed E-state index contributed by atoms with van der Waals surface area (Å²) in [7, 11) is 0. The SMILES string of the molecule is C1=C[C@H]2ON=C([C@@H](COCc3ccccc3)OCc3ccccc3)[C@H]2C1. The fourth-order valence-corrected chi connectivity index (χ4v) is 3.36. The van der Waals surface area contributed by atoms with Gasteiger partial charge in [-0.15, -0.1) is 0 Å². The molecule has 1 heterocycles. The van der Waals surface area contributed by atoms with Crippen molar-refractivity contribution in [2.24, 2.45) is 11.1 Å². The molecule has 1 aliphatic carbocycles. The Morgan fingerprint density at radius 1 is 0.962 bits per heavy atom. The molecule has 0 saturated heterocycles. The van der Waals surface area contributed by atoms with Crippen LogP contribution in [0.15, 0.2) is 78.0 Å². The van der Waals surface area contributed by atoms with Crippen molar-refractivity contribution in [2.75, 3.05) is 6.61 Å². The molecule has 0 fully saturated rings. The lowest BCUT2D eigenvalue weighted by molar-refractivity contribution is 0.00253. The minimum Gasteiger partial charge on any atom is -0.388 e. The van der Waals surface area contributed by atoms with Crippen LogP contribution in [0.1, 0.15) is 17.5 Å². The lowest BCUT2D eigenvalue weighted by atomic mass is 9.95. The zero-order valence-corrected chi connectivity index (χ0v) is 14.7. The quantitative estimate of drug-likeness (QED) is 0.673. The Kier molecular flexibility index (Phi) is 5.43. The standard InChI is InChI=1S/C22H23NO3/c1-3-8-17(9-4-1)14-24-16-21(25-15-18-10-5-2-6-11-18)22-19-12-7-13-20(19)26-23-22/h1-11,13,19-21H,12,14-16H2/t19-,20+,21+/m0/s1. The molecule has 4 rings (SSSR count). The predicted molar refractivity (Wildman–Crippen MR) is 101 cm³/mol. The highest BCUT2D eigenvalue weighted by atomic mass is 16.6. The molecular weight excluding hydrogens is 326 g/mol. The van der Waals surface area contributed by atoms with Crippen LogP contribution in [0.3, 0.4) is 0 Å². The number of allylic oxidation sites excluding steroid dienone is 1. The van der Waals surface area contributed by atoms with Crippen molar-refractivity contribution in [3.05, 3.63) is 83.9 Å². The fourth-order valence-electron chi connectivity index (χ4n) is 3.36. The number of benzene rings is 2. The second-order valence-electron chi connectivity index (χ2n) is 6.64. The molecule has 2 aromatic carbocycles. The van der Waals surface area contributed by atoms with E-state index < -0.39 is 0 Å². The summed E-state index contributed by atoms with van der Waals surface area (Å²) in [6.45, 7) is 1.56. The van der Waals surface area contributed by atoms with Gasteiger partial charge >= 0.3 is 0 Å². The maximum Gasteiger partial charge on any atom is 0.154 e. The van der Waals surface area contributed by atoms with Gasteiger partial charge in [0.05, 0.1) is 31.5 Å². The van der Waals surface area contributed by atoms with Crippen molar-refractivity contribution in [3.8, 4) is 0 Å². The number of rotatable bonds is 8. The van der Waals surface area contributed by atoms with E-state index in [-0.39, 0.29) is 18.1 Å². The van der Waals surface area contributed by atoms with Gasteiger partial charge in [0.25, 0.3) is 0 Å². The molecule has 3 atom stereocenters. The molecule has 2 aromatic rings. The Hall–Kier alpha value is -2.43. The van der Waals surface area contributed by atoms with E-state index in [0.29, 0.717) is 19.8 Å². The molecule has 2 aliphatic rings. The number of hydrogen-bond acceptors (Lipinski definition) is 4. The first kappa shape index (κ1) is 17.0. The summed E-state index contributed by atoms with van der Waals surface area (Å²) < 4.78 is 12.1. The molecule has 0 aromatic heterocycles. The van der Waals surface area contributed by atoms with Crippen LogP contribution >= 0.6 is 0 Å². The molecule has 0 N–H and O–H groups in total. The summed E-state index contributed by atoms with van der Waals surface area (Å²) in [4.78, 5) is 5.55. The molecule has 0 spiro atoms. The van der Waals surface area contributed by atoms with E-state index in [4.69, 9.17) is 14.3 Å². The molecule has 0 saturated carbocycles. The molecule has 0 unspecified atom stereocenters. The van der Waals surface area contributed by atoms with Crippen LogP contribution in [0.2, 0.25) is 0 Å². The first-order chi connectivity index (χ1) is 12.9. The van der Waals surface area contributed by atoms with Gasteiger partial charge in [-0.25, -0.2) is 0 Å². The molecular formula is C22H23NO3. The average Bonchev–Trinajstić information content (AvgIpc) is 3.30. The monoisotopic (exact) mass is 349 g/mol. The van der Waals surface area contributed by atoms with E-state index in [0.717, 1.165) is 23.3 Å². The number of fused-ring (bicyclic) bond motifs is 1. The Morgan fingerprint density at radius 2 is 1.65 bits per heavy atom. The normalized spacial score (nSPS) is 21.9. The van der Waals surface area contributed by atoms with Crippen molar-refractivity contribution in [3.63, 3.8) is 0 Å². The Labute approximate surface area is 154 Å². The first-order valence-electron chi connectivity index (χ1n) is 9.07. The number of nitrogens with zero attached hydrogens (tertiary/aromatic N) is 1. The first-order valence-corrected chi connectivity index (χ1v) is 9.07. The van der Waals surface area contributed by atoms with Crippen LogP contribution in [0.25, 0.3) is 0 Å². The molecule has 0 radical (unpaired) electrons. The summed E-state index contributed by atoms with van der Waals surface area (Å²) in [6.07, 6.45) is 5.05. The second kappa shape index (κ2) is 8.30. The molecule has 0 bridgehead atoms. The third-order valence-corrected chi connectivity index (χ3v) is 4.78. The molecule has 4 heteroatoms. The molecule has 134 valence electrons. The van der Waals surface area contributed by atoms with Crippen molar-refractivity contribution in [1.82, 2.24) is 0 Å². The summed E-state index contributed by atoms with van der Waals surface area (Å²) in [6, 6.07) is 20.3. The lowest BCUT2D eigenvalue weighted by Crippen LogP contribution is -2.34. The topological polar surface area (TPSA) is 40.0 Å². The Balaban J connectivity index is 1.39. The zero-order valence-electron chi connectivity index (χ0n) is 14.7. The predicted octanol–water partition coefficient (Wildman–Crippen LogP) is 4.12. The van der Waals surface area contributed by atoms with Gasteiger partial charge in [-0.3, -0.25) is 0 Å². The van der Waals surface area contributed by atoms with Gasteiger partial charge in [-0.2, -0.15) is 0 Å². The average molecular weight is 349 g/mol. The number of ether oxygens (including phenoxy) is 2.